The van der Waals surface area contributed by atoms with E-state index in [4.69, 9.17) is 14.2 Å². The van der Waals surface area contributed by atoms with Gasteiger partial charge in [-0.25, -0.2) is 4.79 Å². The maximum Gasteiger partial charge on any atom is 0.343 e. The molecule has 0 bridgehead atoms. The van der Waals surface area contributed by atoms with Crippen molar-refractivity contribution >= 4 is 12.0 Å². The second-order valence-electron chi connectivity index (χ2n) is 4.54. The highest BCUT2D eigenvalue weighted by atomic mass is 16.5. The lowest BCUT2D eigenvalue weighted by Gasteiger charge is -2.05. The largest absolute Gasteiger partial charge is 0.497 e. The number of methoxy groups -OCH3 is 2. The Morgan fingerprint density at radius 3 is 2.18 bits per heavy atom. The first-order valence-corrected chi connectivity index (χ1v) is 6.84. The molecule has 0 heterocycles. The van der Waals surface area contributed by atoms with Gasteiger partial charge in [0.05, 0.1) is 19.3 Å². The average Bonchev–Trinajstić information content (AvgIpc) is 2.57. The monoisotopic (exact) mass is 298 g/mol. The summed E-state index contributed by atoms with van der Waals surface area (Å²) in [5.41, 5.74) is 1.49. The van der Waals surface area contributed by atoms with Gasteiger partial charge in [0.15, 0.2) is 0 Å². The lowest BCUT2D eigenvalue weighted by Crippen LogP contribution is -2.08. The molecule has 2 rings (SSSR count). The van der Waals surface area contributed by atoms with E-state index in [1.54, 1.807) is 50.6 Å². The molecular weight excluding hydrogens is 280 g/mol. The second kappa shape index (κ2) is 8.00. The van der Waals surface area contributed by atoms with Crippen LogP contribution in [0.5, 0.6) is 11.5 Å². The summed E-state index contributed by atoms with van der Waals surface area (Å²) in [6.45, 7) is 0.564. The summed E-state index contributed by atoms with van der Waals surface area (Å²) in [5, 5.41) is 0. The van der Waals surface area contributed by atoms with E-state index in [0.717, 1.165) is 5.56 Å². The summed E-state index contributed by atoms with van der Waals surface area (Å²) in [5.74, 6) is 0.804. The van der Waals surface area contributed by atoms with E-state index in [0.29, 0.717) is 23.7 Å². The molecule has 0 atom stereocenters. The van der Waals surface area contributed by atoms with E-state index in [1.165, 1.54) is 0 Å². The minimum absolute atomic E-state index is 0.398. The number of ether oxygens (including phenoxy) is 3. The number of carbonyl (C=O) groups excluding carboxylic acids is 1. The van der Waals surface area contributed by atoms with Crippen molar-refractivity contribution in [3.63, 3.8) is 0 Å². The van der Waals surface area contributed by atoms with Gasteiger partial charge in [-0.3, -0.25) is 0 Å². The number of rotatable bonds is 6. The zero-order valence-electron chi connectivity index (χ0n) is 12.6. The standard InChI is InChI=1S/C18H18O4/c1-20-13-3-4-14-5-9-17(10-6-14)22-18(19)15-7-11-16(21-2)12-8-15/h3-12H,13H2,1-2H3/b4-3+. The van der Waals surface area contributed by atoms with Crippen LogP contribution in [0, 0.1) is 0 Å². The fraction of sp³-hybridized carbons (Fsp3) is 0.167. The minimum Gasteiger partial charge on any atom is -0.497 e. The Balaban J connectivity index is 1.98. The summed E-state index contributed by atoms with van der Waals surface area (Å²) < 4.78 is 15.3. The third-order valence-electron chi connectivity index (χ3n) is 2.99. The van der Waals surface area contributed by atoms with Crippen molar-refractivity contribution in [1.82, 2.24) is 0 Å². The first kappa shape index (κ1) is 15.8. The van der Waals surface area contributed by atoms with E-state index in [-0.39, 0.29) is 0 Å². The molecule has 4 nitrogen and oxygen atoms in total. The second-order valence-corrected chi connectivity index (χ2v) is 4.54. The normalized spacial score (nSPS) is 10.6. The Hall–Kier alpha value is -2.59. The van der Waals surface area contributed by atoms with Gasteiger partial charge in [-0.15, -0.1) is 0 Å². The molecule has 0 amide bonds. The third-order valence-corrected chi connectivity index (χ3v) is 2.99. The van der Waals surface area contributed by atoms with Gasteiger partial charge in [0, 0.05) is 7.11 Å². The summed E-state index contributed by atoms with van der Waals surface area (Å²) in [7, 11) is 3.22. The van der Waals surface area contributed by atoms with Gasteiger partial charge in [-0.1, -0.05) is 24.3 Å². The van der Waals surface area contributed by atoms with Gasteiger partial charge in [0.2, 0.25) is 0 Å². The first-order chi connectivity index (χ1) is 10.7. The molecule has 0 radical (unpaired) electrons. The summed E-state index contributed by atoms with van der Waals surface area (Å²) in [6.07, 6.45) is 3.86. The van der Waals surface area contributed by atoms with E-state index >= 15 is 0 Å². The molecule has 4 heteroatoms. The first-order valence-electron chi connectivity index (χ1n) is 6.84. The van der Waals surface area contributed by atoms with Crippen LogP contribution in [0.25, 0.3) is 6.08 Å². The van der Waals surface area contributed by atoms with E-state index in [1.807, 2.05) is 24.3 Å². The Bertz CT molecular complexity index is 627. The van der Waals surface area contributed by atoms with Gasteiger partial charge in [0.25, 0.3) is 0 Å². The summed E-state index contributed by atoms with van der Waals surface area (Å²) in [6, 6.07) is 14.1. The topological polar surface area (TPSA) is 44.8 Å². The van der Waals surface area contributed by atoms with E-state index in [2.05, 4.69) is 0 Å². The number of hydrogen-bond donors (Lipinski definition) is 0. The Kier molecular flexibility index (Phi) is 5.74. The van der Waals surface area contributed by atoms with Gasteiger partial charge >= 0.3 is 5.97 Å². The lowest BCUT2D eigenvalue weighted by atomic mass is 10.2. The molecule has 2 aromatic carbocycles. The number of carbonyl (C=O) groups is 1. The molecule has 0 unspecified atom stereocenters. The fourth-order valence-corrected chi connectivity index (χ4v) is 1.82. The van der Waals surface area contributed by atoms with Crippen molar-refractivity contribution in [2.24, 2.45) is 0 Å². The van der Waals surface area contributed by atoms with Crippen LogP contribution in [-0.2, 0) is 4.74 Å². The molecule has 0 N–H and O–H groups in total. The van der Waals surface area contributed by atoms with Gasteiger partial charge in [0.1, 0.15) is 11.5 Å². The molecular formula is C18H18O4. The number of esters is 1. The third kappa shape index (κ3) is 4.46. The van der Waals surface area contributed by atoms with E-state index < -0.39 is 5.97 Å². The Labute approximate surface area is 129 Å². The van der Waals surface area contributed by atoms with Gasteiger partial charge < -0.3 is 14.2 Å². The fourth-order valence-electron chi connectivity index (χ4n) is 1.82. The van der Waals surface area contributed by atoms with Crippen LogP contribution in [0.2, 0.25) is 0 Å². The average molecular weight is 298 g/mol. The highest BCUT2D eigenvalue weighted by Crippen LogP contribution is 2.17. The predicted molar refractivity (Wildman–Crippen MR) is 85.3 cm³/mol. The molecule has 0 aliphatic carbocycles. The molecule has 0 spiro atoms. The predicted octanol–water partition coefficient (Wildman–Crippen LogP) is 3.57. The van der Waals surface area contributed by atoms with Gasteiger partial charge in [-0.2, -0.15) is 0 Å². The van der Waals surface area contributed by atoms with E-state index in [9.17, 15) is 4.79 Å². The molecule has 0 aliphatic rings. The molecule has 22 heavy (non-hydrogen) atoms. The molecule has 2 aromatic rings. The number of benzene rings is 2. The van der Waals surface area contributed by atoms with Crippen LogP contribution in [0.3, 0.4) is 0 Å². The van der Waals surface area contributed by atoms with Crippen molar-refractivity contribution in [3.8, 4) is 11.5 Å². The molecule has 0 saturated heterocycles. The van der Waals surface area contributed by atoms with Crippen molar-refractivity contribution in [1.29, 1.82) is 0 Å². The van der Waals surface area contributed by atoms with Crippen molar-refractivity contribution in [3.05, 3.63) is 65.7 Å². The summed E-state index contributed by atoms with van der Waals surface area (Å²) >= 11 is 0. The highest BCUT2D eigenvalue weighted by Gasteiger charge is 2.08. The zero-order chi connectivity index (χ0) is 15.8. The lowest BCUT2D eigenvalue weighted by molar-refractivity contribution is 0.0734. The highest BCUT2D eigenvalue weighted by molar-refractivity contribution is 5.91. The van der Waals surface area contributed by atoms with Crippen LogP contribution in [0.1, 0.15) is 15.9 Å². The smallest absolute Gasteiger partial charge is 0.343 e. The van der Waals surface area contributed by atoms with Crippen LogP contribution in [0.4, 0.5) is 0 Å². The maximum absolute atomic E-state index is 12.0. The van der Waals surface area contributed by atoms with Crippen molar-refractivity contribution in [2.45, 2.75) is 0 Å². The quantitative estimate of drug-likeness (QED) is 0.604. The molecule has 0 fully saturated rings. The van der Waals surface area contributed by atoms with Gasteiger partial charge in [-0.05, 0) is 42.0 Å². The number of hydrogen-bond acceptors (Lipinski definition) is 4. The molecule has 0 aliphatic heterocycles. The van der Waals surface area contributed by atoms with Crippen LogP contribution < -0.4 is 9.47 Å². The molecule has 0 aromatic heterocycles. The van der Waals surface area contributed by atoms with Crippen molar-refractivity contribution in [2.75, 3.05) is 20.8 Å². The zero-order valence-corrected chi connectivity index (χ0v) is 12.6. The Morgan fingerprint density at radius 1 is 0.955 bits per heavy atom. The Morgan fingerprint density at radius 2 is 1.59 bits per heavy atom. The molecule has 114 valence electrons. The minimum atomic E-state index is -0.398. The maximum atomic E-state index is 12.0. The molecule has 0 saturated carbocycles. The van der Waals surface area contributed by atoms with Crippen molar-refractivity contribution < 1.29 is 19.0 Å². The van der Waals surface area contributed by atoms with Crippen LogP contribution >= 0.6 is 0 Å². The SMILES string of the molecule is COC/C=C/c1ccc(OC(=O)c2ccc(OC)cc2)cc1. The van der Waals surface area contributed by atoms with Crippen LogP contribution in [0.15, 0.2) is 54.6 Å². The summed E-state index contributed by atoms with van der Waals surface area (Å²) in [4.78, 5) is 12.0. The van der Waals surface area contributed by atoms with Crippen LogP contribution in [-0.4, -0.2) is 26.8 Å².